The predicted molar refractivity (Wildman–Crippen MR) is 85.3 cm³/mol. The quantitative estimate of drug-likeness (QED) is 0.548. The Hall–Kier alpha value is -3.33. The van der Waals surface area contributed by atoms with Gasteiger partial charge in [0.2, 0.25) is 0 Å². The first-order valence-corrected chi connectivity index (χ1v) is 7.01. The fourth-order valence-corrected chi connectivity index (χ4v) is 2.46. The SMILES string of the molecule is O=c1c2cccnc2n(-c2cccc([N+](=O)[O-])c2)c(=O)n1CCO. The van der Waals surface area contributed by atoms with E-state index in [1.807, 2.05) is 0 Å². The lowest BCUT2D eigenvalue weighted by molar-refractivity contribution is -0.384. The lowest BCUT2D eigenvalue weighted by atomic mass is 10.2. The molecule has 0 aliphatic rings. The van der Waals surface area contributed by atoms with Gasteiger partial charge in [0.15, 0.2) is 5.65 Å². The second kappa shape index (κ2) is 6.05. The first-order chi connectivity index (χ1) is 11.5. The van der Waals surface area contributed by atoms with Gasteiger partial charge in [0.25, 0.3) is 11.2 Å². The van der Waals surface area contributed by atoms with Gasteiger partial charge in [-0.2, -0.15) is 0 Å². The van der Waals surface area contributed by atoms with Gasteiger partial charge in [-0.1, -0.05) is 6.07 Å². The van der Waals surface area contributed by atoms with Crippen LogP contribution in [0.5, 0.6) is 0 Å². The molecule has 0 fully saturated rings. The number of non-ortho nitro benzene ring substituents is 1. The molecular weight excluding hydrogens is 316 g/mol. The summed E-state index contributed by atoms with van der Waals surface area (Å²) in [7, 11) is 0. The number of rotatable bonds is 4. The Bertz CT molecular complexity index is 1050. The van der Waals surface area contributed by atoms with Crippen molar-refractivity contribution in [2.24, 2.45) is 0 Å². The highest BCUT2D eigenvalue weighted by atomic mass is 16.6. The van der Waals surface area contributed by atoms with Crippen LogP contribution in [0.3, 0.4) is 0 Å². The summed E-state index contributed by atoms with van der Waals surface area (Å²) in [5.74, 6) is 0. The van der Waals surface area contributed by atoms with Crippen LogP contribution in [0.4, 0.5) is 5.69 Å². The Kier molecular flexibility index (Phi) is 3.92. The largest absolute Gasteiger partial charge is 0.395 e. The Labute approximate surface area is 134 Å². The Morgan fingerprint density at radius 1 is 1.21 bits per heavy atom. The number of hydrogen-bond acceptors (Lipinski definition) is 6. The summed E-state index contributed by atoms with van der Waals surface area (Å²) in [4.78, 5) is 39.5. The summed E-state index contributed by atoms with van der Waals surface area (Å²) < 4.78 is 2.00. The van der Waals surface area contributed by atoms with Crippen LogP contribution in [0.1, 0.15) is 0 Å². The molecule has 0 aliphatic heterocycles. The Balaban J connectivity index is 2.43. The van der Waals surface area contributed by atoms with E-state index in [1.54, 1.807) is 6.07 Å². The summed E-state index contributed by atoms with van der Waals surface area (Å²) in [6.07, 6.45) is 1.42. The average molecular weight is 328 g/mol. The van der Waals surface area contributed by atoms with Crippen LogP contribution in [0.25, 0.3) is 16.7 Å². The number of aliphatic hydroxyl groups is 1. The predicted octanol–water partition coefficient (Wildman–Crippen LogP) is 0.448. The fourth-order valence-electron chi connectivity index (χ4n) is 2.46. The smallest absolute Gasteiger partial charge is 0.337 e. The van der Waals surface area contributed by atoms with Crippen molar-refractivity contribution in [3.63, 3.8) is 0 Å². The van der Waals surface area contributed by atoms with E-state index in [0.717, 1.165) is 9.13 Å². The average Bonchev–Trinajstić information content (AvgIpc) is 2.59. The van der Waals surface area contributed by atoms with E-state index in [1.165, 1.54) is 36.5 Å². The highest BCUT2D eigenvalue weighted by molar-refractivity contribution is 5.75. The summed E-state index contributed by atoms with van der Waals surface area (Å²) in [6.45, 7) is -0.576. The van der Waals surface area contributed by atoms with Crippen LogP contribution in [0.2, 0.25) is 0 Å². The van der Waals surface area contributed by atoms with E-state index in [0.29, 0.717) is 0 Å². The van der Waals surface area contributed by atoms with Crippen molar-refractivity contribution < 1.29 is 10.0 Å². The van der Waals surface area contributed by atoms with Gasteiger partial charge in [-0.3, -0.25) is 19.5 Å². The van der Waals surface area contributed by atoms with E-state index in [9.17, 15) is 19.7 Å². The molecular formula is C15H12N4O5. The topological polar surface area (TPSA) is 120 Å². The number of hydrogen-bond donors (Lipinski definition) is 1. The number of aliphatic hydroxyl groups excluding tert-OH is 1. The standard InChI is InChI=1S/C15H12N4O5/c20-8-7-17-14(21)12-5-2-6-16-13(12)18(15(17)22)10-3-1-4-11(9-10)19(23)24/h1-6,9,20H,7-8H2. The molecule has 3 aromatic rings. The van der Waals surface area contributed by atoms with Gasteiger partial charge in [0, 0.05) is 18.3 Å². The van der Waals surface area contributed by atoms with Crippen LogP contribution < -0.4 is 11.2 Å². The Morgan fingerprint density at radius 3 is 2.71 bits per heavy atom. The molecule has 0 spiro atoms. The molecule has 0 aliphatic carbocycles. The van der Waals surface area contributed by atoms with Gasteiger partial charge >= 0.3 is 5.69 Å². The molecule has 24 heavy (non-hydrogen) atoms. The third-order valence-electron chi connectivity index (χ3n) is 3.52. The van der Waals surface area contributed by atoms with Crippen molar-refractivity contribution in [2.45, 2.75) is 6.54 Å². The summed E-state index contributed by atoms with van der Waals surface area (Å²) in [5, 5.41) is 20.3. The first kappa shape index (κ1) is 15.6. The number of aromatic nitrogens is 3. The summed E-state index contributed by atoms with van der Waals surface area (Å²) in [5.41, 5.74) is -1.17. The molecule has 0 amide bonds. The maximum Gasteiger partial charge on any atom is 0.337 e. The van der Waals surface area contributed by atoms with Gasteiger partial charge in [-0.25, -0.2) is 14.3 Å². The van der Waals surface area contributed by atoms with Crippen molar-refractivity contribution in [3.8, 4) is 5.69 Å². The second-order valence-corrected chi connectivity index (χ2v) is 4.95. The van der Waals surface area contributed by atoms with Crippen LogP contribution in [-0.4, -0.2) is 30.8 Å². The van der Waals surface area contributed by atoms with E-state index in [2.05, 4.69) is 4.98 Å². The summed E-state index contributed by atoms with van der Waals surface area (Å²) in [6, 6.07) is 8.53. The minimum atomic E-state index is -0.722. The lowest BCUT2D eigenvalue weighted by Crippen LogP contribution is -2.40. The molecule has 0 bridgehead atoms. The van der Waals surface area contributed by atoms with Gasteiger partial charge in [0.05, 0.1) is 29.1 Å². The van der Waals surface area contributed by atoms with E-state index in [4.69, 9.17) is 5.11 Å². The van der Waals surface area contributed by atoms with Crippen LogP contribution in [0, 0.1) is 10.1 Å². The van der Waals surface area contributed by atoms with Crippen LogP contribution in [-0.2, 0) is 6.54 Å². The Morgan fingerprint density at radius 2 is 2.00 bits per heavy atom. The minimum absolute atomic E-state index is 0.0992. The second-order valence-electron chi connectivity index (χ2n) is 4.95. The third kappa shape index (κ3) is 2.46. The molecule has 9 nitrogen and oxygen atoms in total. The van der Waals surface area contributed by atoms with Crippen LogP contribution >= 0.6 is 0 Å². The van der Waals surface area contributed by atoms with Crippen molar-refractivity contribution in [3.05, 3.63) is 73.5 Å². The molecule has 0 radical (unpaired) electrons. The van der Waals surface area contributed by atoms with E-state index in [-0.39, 0.29) is 29.0 Å². The molecule has 0 unspecified atom stereocenters. The fraction of sp³-hybridized carbons (Fsp3) is 0.133. The third-order valence-corrected chi connectivity index (χ3v) is 3.52. The number of nitro groups is 1. The molecule has 1 N–H and O–H groups in total. The maximum absolute atomic E-state index is 12.7. The minimum Gasteiger partial charge on any atom is -0.395 e. The molecule has 0 saturated carbocycles. The molecule has 9 heteroatoms. The van der Waals surface area contributed by atoms with Gasteiger partial charge < -0.3 is 5.11 Å². The van der Waals surface area contributed by atoms with Gasteiger partial charge in [0.1, 0.15) is 0 Å². The zero-order valence-electron chi connectivity index (χ0n) is 12.3. The number of nitrogens with zero attached hydrogens (tertiary/aromatic N) is 4. The molecule has 1 aromatic carbocycles. The molecule has 3 rings (SSSR count). The van der Waals surface area contributed by atoms with Crippen LogP contribution in [0.15, 0.2) is 52.2 Å². The van der Waals surface area contributed by atoms with Gasteiger partial charge in [-0.15, -0.1) is 0 Å². The molecule has 2 aromatic heterocycles. The normalized spacial score (nSPS) is 10.9. The number of fused-ring (bicyclic) bond motifs is 1. The van der Waals surface area contributed by atoms with Gasteiger partial charge in [-0.05, 0) is 18.2 Å². The van der Waals surface area contributed by atoms with E-state index < -0.39 is 22.8 Å². The summed E-state index contributed by atoms with van der Waals surface area (Å²) >= 11 is 0. The number of pyridine rings is 1. The zero-order valence-corrected chi connectivity index (χ0v) is 12.3. The lowest BCUT2D eigenvalue weighted by Gasteiger charge is -2.12. The number of benzene rings is 1. The highest BCUT2D eigenvalue weighted by Crippen LogP contribution is 2.17. The molecule has 2 heterocycles. The van der Waals surface area contributed by atoms with Crippen molar-refractivity contribution >= 4 is 16.7 Å². The molecule has 0 atom stereocenters. The highest BCUT2D eigenvalue weighted by Gasteiger charge is 2.16. The van der Waals surface area contributed by atoms with Crippen molar-refractivity contribution in [1.82, 2.24) is 14.1 Å². The molecule has 0 saturated heterocycles. The number of nitro benzene ring substituents is 1. The monoisotopic (exact) mass is 328 g/mol. The zero-order chi connectivity index (χ0) is 17.3. The first-order valence-electron chi connectivity index (χ1n) is 7.01. The molecule has 122 valence electrons. The van der Waals surface area contributed by atoms with Crippen molar-refractivity contribution in [2.75, 3.05) is 6.61 Å². The van der Waals surface area contributed by atoms with Crippen molar-refractivity contribution in [1.29, 1.82) is 0 Å². The van der Waals surface area contributed by atoms with E-state index >= 15 is 0 Å². The maximum atomic E-state index is 12.7.